The van der Waals surface area contributed by atoms with E-state index in [-0.39, 0.29) is 5.97 Å². The number of aromatic nitrogens is 2. The predicted octanol–water partition coefficient (Wildman–Crippen LogP) is 2.71. The van der Waals surface area contributed by atoms with E-state index < -0.39 is 0 Å². The molecule has 0 unspecified atom stereocenters. The predicted molar refractivity (Wildman–Crippen MR) is 92.3 cm³/mol. The van der Waals surface area contributed by atoms with Crippen LogP contribution >= 0.6 is 0 Å². The summed E-state index contributed by atoms with van der Waals surface area (Å²) in [6, 6.07) is 6.15. The minimum Gasteiger partial charge on any atom is -0.492 e. The highest BCUT2D eigenvalue weighted by atomic mass is 16.5. The van der Waals surface area contributed by atoms with Crippen LogP contribution in [0.3, 0.4) is 0 Å². The van der Waals surface area contributed by atoms with E-state index in [4.69, 9.17) is 9.47 Å². The molecule has 0 saturated heterocycles. The van der Waals surface area contributed by atoms with E-state index in [0.29, 0.717) is 25.5 Å². The molecule has 0 radical (unpaired) electrons. The molecule has 24 heavy (non-hydrogen) atoms. The fourth-order valence-electron chi connectivity index (χ4n) is 2.45. The number of nitrogens with zero attached hydrogens (tertiary/aromatic N) is 2. The van der Waals surface area contributed by atoms with E-state index in [1.54, 1.807) is 13.1 Å². The summed E-state index contributed by atoms with van der Waals surface area (Å²) in [4.78, 5) is 13.9. The van der Waals surface area contributed by atoms with Gasteiger partial charge in [-0.05, 0) is 39.4 Å². The van der Waals surface area contributed by atoms with Gasteiger partial charge in [0.05, 0.1) is 12.8 Å². The Morgan fingerprint density at radius 2 is 2.12 bits per heavy atom. The second kappa shape index (κ2) is 8.49. The van der Waals surface area contributed by atoms with Gasteiger partial charge in [-0.1, -0.05) is 17.7 Å². The molecule has 0 saturated carbocycles. The Morgan fingerprint density at radius 1 is 1.33 bits per heavy atom. The van der Waals surface area contributed by atoms with Crippen LogP contribution in [-0.2, 0) is 11.3 Å². The molecule has 0 fully saturated rings. The van der Waals surface area contributed by atoms with Crippen molar-refractivity contribution in [3.8, 4) is 5.75 Å². The molecular formula is C18H25N3O3. The Kier molecular flexibility index (Phi) is 6.37. The Bertz CT molecular complexity index is 682. The summed E-state index contributed by atoms with van der Waals surface area (Å²) < 4.78 is 10.9. The lowest BCUT2D eigenvalue weighted by Crippen LogP contribution is -2.25. The number of likely N-dealkylation sites (N-methyl/N-ethyl adjacent to an activating group) is 1. The van der Waals surface area contributed by atoms with Crippen molar-refractivity contribution in [2.24, 2.45) is 0 Å². The molecule has 1 heterocycles. The van der Waals surface area contributed by atoms with Gasteiger partial charge in [0.15, 0.2) is 0 Å². The summed E-state index contributed by atoms with van der Waals surface area (Å²) in [6.07, 6.45) is 1.66. The van der Waals surface area contributed by atoms with Crippen molar-refractivity contribution < 1.29 is 14.3 Å². The lowest BCUT2D eigenvalue weighted by molar-refractivity contribution is 0.0517. The first-order valence-corrected chi connectivity index (χ1v) is 8.09. The second-order valence-corrected chi connectivity index (χ2v) is 5.85. The smallest absolute Gasteiger partial charge is 0.356 e. The van der Waals surface area contributed by atoms with Gasteiger partial charge in [-0.2, -0.15) is 5.10 Å². The van der Waals surface area contributed by atoms with Gasteiger partial charge in [0.1, 0.15) is 18.1 Å². The highest BCUT2D eigenvalue weighted by Crippen LogP contribution is 2.18. The van der Waals surface area contributed by atoms with E-state index in [1.165, 1.54) is 5.56 Å². The summed E-state index contributed by atoms with van der Waals surface area (Å²) in [6.45, 7) is 8.15. The third-order valence-corrected chi connectivity index (χ3v) is 3.70. The summed E-state index contributed by atoms with van der Waals surface area (Å²) in [5.41, 5.74) is 3.60. The van der Waals surface area contributed by atoms with E-state index in [2.05, 4.69) is 28.1 Å². The van der Waals surface area contributed by atoms with Crippen molar-refractivity contribution in [1.29, 1.82) is 0 Å². The maximum Gasteiger partial charge on any atom is 0.356 e. The Labute approximate surface area is 142 Å². The number of esters is 1. The minimum absolute atomic E-state index is 0.344. The highest BCUT2D eigenvalue weighted by molar-refractivity contribution is 5.88. The fraction of sp³-hybridized carbons (Fsp3) is 0.444. The standard InChI is InChI=1S/C18H25N3O3/c1-5-23-18(22)17-15(11-19-20-17)12-21(4)8-9-24-16-7-6-13(2)10-14(16)3/h6-7,10-11H,5,8-9,12H2,1-4H3,(H,19,20). The number of nitrogens with one attached hydrogen (secondary N) is 1. The van der Waals surface area contributed by atoms with Gasteiger partial charge in [0.2, 0.25) is 0 Å². The van der Waals surface area contributed by atoms with Gasteiger partial charge < -0.3 is 9.47 Å². The molecule has 6 heteroatoms. The van der Waals surface area contributed by atoms with Crippen LogP contribution in [0, 0.1) is 13.8 Å². The number of rotatable bonds is 8. The average Bonchev–Trinajstić information content (AvgIpc) is 2.98. The number of aromatic amines is 1. The van der Waals surface area contributed by atoms with Gasteiger partial charge in [0, 0.05) is 18.7 Å². The van der Waals surface area contributed by atoms with Crippen molar-refractivity contribution in [3.63, 3.8) is 0 Å². The maximum absolute atomic E-state index is 11.8. The second-order valence-electron chi connectivity index (χ2n) is 5.85. The number of ether oxygens (including phenoxy) is 2. The molecule has 1 aromatic carbocycles. The number of carbonyl (C=O) groups excluding carboxylic acids is 1. The van der Waals surface area contributed by atoms with Crippen LogP contribution in [0.25, 0.3) is 0 Å². The third kappa shape index (κ3) is 4.83. The first-order valence-electron chi connectivity index (χ1n) is 8.09. The molecule has 0 bridgehead atoms. The fourth-order valence-corrected chi connectivity index (χ4v) is 2.45. The number of carbonyl (C=O) groups is 1. The van der Waals surface area contributed by atoms with Gasteiger partial charge in [-0.25, -0.2) is 4.79 Å². The van der Waals surface area contributed by atoms with Crippen LogP contribution < -0.4 is 4.74 Å². The molecule has 1 N–H and O–H groups in total. The lowest BCUT2D eigenvalue weighted by Gasteiger charge is -2.17. The first-order chi connectivity index (χ1) is 11.5. The number of H-pyrrole nitrogens is 1. The number of aryl methyl sites for hydroxylation is 2. The Balaban J connectivity index is 1.84. The van der Waals surface area contributed by atoms with Crippen LogP contribution in [0.4, 0.5) is 0 Å². The zero-order valence-corrected chi connectivity index (χ0v) is 14.8. The van der Waals surface area contributed by atoms with E-state index >= 15 is 0 Å². The summed E-state index contributed by atoms with van der Waals surface area (Å²) in [5.74, 6) is 0.537. The Morgan fingerprint density at radius 3 is 2.83 bits per heavy atom. The minimum atomic E-state index is -0.370. The SMILES string of the molecule is CCOC(=O)c1[nH]ncc1CN(C)CCOc1ccc(C)cc1C. The molecule has 1 aromatic heterocycles. The Hall–Kier alpha value is -2.34. The first kappa shape index (κ1) is 18.0. The topological polar surface area (TPSA) is 67.5 Å². The van der Waals surface area contributed by atoms with Crippen molar-refractivity contribution in [2.45, 2.75) is 27.3 Å². The highest BCUT2D eigenvalue weighted by Gasteiger charge is 2.16. The number of hydrogen-bond donors (Lipinski definition) is 1. The van der Waals surface area contributed by atoms with Crippen molar-refractivity contribution >= 4 is 5.97 Å². The quantitative estimate of drug-likeness (QED) is 0.753. The molecule has 2 aromatic rings. The van der Waals surface area contributed by atoms with Gasteiger partial charge in [-0.15, -0.1) is 0 Å². The molecule has 0 aliphatic heterocycles. The van der Waals surface area contributed by atoms with Crippen LogP contribution in [0.2, 0.25) is 0 Å². The number of hydrogen-bond acceptors (Lipinski definition) is 5. The molecule has 2 rings (SSSR count). The molecule has 0 aliphatic rings. The van der Waals surface area contributed by atoms with Crippen molar-refractivity contribution in [3.05, 3.63) is 46.8 Å². The van der Waals surface area contributed by atoms with Crippen LogP contribution in [-0.4, -0.2) is 47.9 Å². The molecule has 0 aliphatic carbocycles. The van der Waals surface area contributed by atoms with Crippen LogP contribution in [0.15, 0.2) is 24.4 Å². The van der Waals surface area contributed by atoms with Gasteiger partial charge >= 0.3 is 5.97 Å². The third-order valence-electron chi connectivity index (χ3n) is 3.70. The maximum atomic E-state index is 11.8. The van der Waals surface area contributed by atoms with Gasteiger partial charge in [-0.3, -0.25) is 10.00 Å². The largest absolute Gasteiger partial charge is 0.492 e. The van der Waals surface area contributed by atoms with Crippen molar-refractivity contribution in [1.82, 2.24) is 15.1 Å². The van der Waals surface area contributed by atoms with Crippen molar-refractivity contribution in [2.75, 3.05) is 26.8 Å². The van der Waals surface area contributed by atoms with Gasteiger partial charge in [0.25, 0.3) is 0 Å². The molecule has 0 amide bonds. The van der Waals surface area contributed by atoms with E-state index in [1.807, 2.05) is 26.1 Å². The molecule has 0 spiro atoms. The molecule has 130 valence electrons. The average molecular weight is 331 g/mol. The summed E-state index contributed by atoms with van der Waals surface area (Å²) in [5, 5.41) is 6.65. The summed E-state index contributed by atoms with van der Waals surface area (Å²) in [7, 11) is 1.98. The zero-order chi connectivity index (χ0) is 17.5. The molecular weight excluding hydrogens is 306 g/mol. The lowest BCUT2D eigenvalue weighted by atomic mass is 10.1. The summed E-state index contributed by atoms with van der Waals surface area (Å²) >= 11 is 0. The zero-order valence-electron chi connectivity index (χ0n) is 14.8. The van der Waals surface area contributed by atoms with E-state index in [9.17, 15) is 4.79 Å². The molecule has 0 atom stereocenters. The molecule has 6 nitrogen and oxygen atoms in total. The monoisotopic (exact) mass is 331 g/mol. The van der Waals surface area contributed by atoms with E-state index in [0.717, 1.165) is 23.4 Å². The van der Waals surface area contributed by atoms with Crippen LogP contribution in [0.1, 0.15) is 34.1 Å². The van der Waals surface area contributed by atoms with Crippen LogP contribution in [0.5, 0.6) is 5.75 Å². The normalized spacial score (nSPS) is 10.9. The number of benzene rings is 1.